The average Bonchev–Trinajstić information content (AvgIpc) is 3.86. The molecule has 3 heteroatoms. The first-order chi connectivity index (χ1) is 34.9. The van der Waals surface area contributed by atoms with E-state index in [4.69, 9.17) is 4.74 Å². The van der Waals surface area contributed by atoms with Crippen molar-refractivity contribution in [2.45, 2.75) is 57.8 Å². The van der Waals surface area contributed by atoms with Gasteiger partial charge in [0.15, 0.2) is 0 Å². The summed E-state index contributed by atoms with van der Waals surface area (Å²) in [6.07, 6.45) is 0. The molecule has 0 amide bonds. The van der Waals surface area contributed by atoms with Crippen LogP contribution in [0.25, 0.3) is 55.6 Å². The van der Waals surface area contributed by atoms with Gasteiger partial charge in [-0.05, 0) is 131 Å². The monoisotopic (exact) mass is 993 g/mol. The van der Waals surface area contributed by atoms with Crippen molar-refractivity contribution in [3.05, 3.63) is 268 Å². The minimum absolute atomic E-state index is 0.0794. The van der Waals surface area contributed by atoms with E-state index in [1.54, 1.807) is 0 Å². The second kappa shape index (κ2) is 17.5. The Morgan fingerprint density at radius 2 is 0.819 bits per heavy atom. The van der Waals surface area contributed by atoms with Gasteiger partial charge in [-0.3, -0.25) is 0 Å². The fourth-order valence-electron chi connectivity index (χ4n) is 11.4. The summed E-state index contributed by atoms with van der Waals surface area (Å²) in [4.78, 5) is 2.44. The summed E-state index contributed by atoms with van der Waals surface area (Å²) in [6, 6.07) is 84.6. The molecule has 10 aromatic rings. The highest BCUT2D eigenvalue weighted by molar-refractivity contribution is 9.10. The second-order valence-electron chi connectivity index (χ2n) is 21.5. The lowest BCUT2D eigenvalue weighted by molar-refractivity contribution is 0.482. The molecule has 0 aliphatic heterocycles. The standard InChI is InChI=1S/C69H56BrNO/c1-67(2,3)49-37-47(38-50(41-49)68(4,5)6)48-39-53(71(52-26-19-25-51(70)42-52)66-56(45-21-9-7-10-22-45)30-20-31-57(66)46-23-11-8-12-24-46)43-55(40-48)72-54-35-36-61-60-29-15-18-34-64(60)69(65(61)44-54)62-32-16-13-27-58(62)59-28-14-17-33-63(59)69/h7-44H,1-6H3. The topological polar surface area (TPSA) is 12.5 Å². The summed E-state index contributed by atoms with van der Waals surface area (Å²) < 4.78 is 8.41. The van der Waals surface area contributed by atoms with E-state index < -0.39 is 5.41 Å². The first kappa shape index (κ1) is 45.4. The predicted molar refractivity (Wildman–Crippen MR) is 305 cm³/mol. The highest BCUT2D eigenvalue weighted by Gasteiger charge is 2.51. The number of fused-ring (bicyclic) bond motifs is 10. The lowest BCUT2D eigenvalue weighted by Crippen LogP contribution is -2.25. The Morgan fingerprint density at radius 3 is 1.35 bits per heavy atom. The number of hydrogen-bond acceptors (Lipinski definition) is 2. The summed E-state index contributed by atoms with van der Waals surface area (Å²) in [7, 11) is 0. The molecule has 0 unspecified atom stereocenters. The number of rotatable bonds is 8. The zero-order valence-electron chi connectivity index (χ0n) is 41.7. The molecule has 0 saturated carbocycles. The zero-order valence-corrected chi connectivity index (χ0v) is 43.3. The zero-order chi connectivity index (χ0) is 49.4. The highest BCUT2D eigenvalue weighted by Crippen LogP contribution is 2.63. The molecule has 72 heavy (non-hydrogen) atoms. The number of anilines is 3. The SMILES string of the molecule is CC(C)(C)c1cc(-c2cc(Oc3ccc4c(c3)C3(c5ccccc5-c5ccccc53)c3ccccc3-4)cc(N(c3cccc(Br)c3)c3c(-c4ccccc4)cccc3-c3ccccc3)c2)cc(C(C)(C)C)c1. The second-order valence-corrected chi connectivity index (χ2v) is 22.4. The van der Waals surface area contributed by atoms with Crippen LogP contribution in [0, 0.1) is 0 Å². The summed E-state index contributed by atoms with van der Waals surface area (Å²) in [5, 5.41) is 0. The minimum Gasteiger partial charge on any atom is -0.457 e. The fraction of sp³-hybridized carbons (Fsp3) is 0.130. The van der Waals surface area contributed by atoms with Crippen LogP contribution < -0.4 is 9.64 Å². The van der Waals surface area contributed by atoms with Crippen molar-refractivity contribution < 1.29 is 4.74 Å². The number of para-hydroxylation sites is 1. The number of benzene rings is 10. The van der Waals surface area contributed by atoms with Crippen molar-refractivity contribution in [1.82, 2.24) is 0 Å². The minimum atomic E-state index is -0.491. The molecular formula is C69H56BrNO. The van der Waals surface area contributed by atoms with Crippen LogP contribution in [0.15, 0.2) is 235 Å². The number of halogens is 1. The van der Waals surface area contributed by atoms with Crippen molar-refractivity contribution in [3.63, 3.8) is 0 Å². The molecule has 2 nitrogen and oxygen atoms in total. The van der Waals surface area contributed by atoms with E-state index in [0.717, 1.165) is 66.4 Å². The van der Waals surface area contributed by atoms with Crippen LogP contribution in [-0.4, -0.2) is 0 Å². The lowest BCUT2D eigenvalue weighted by atomic mass is 9.70. The quantitative estimate of drug-likeness (QED) is 0.150. The summed E-state index contributed by atoms with van der Waals surface area (Å²) >= 11 is 3.89. The van der Waals surface area contributed by atoms with Gasteiger partial charge >= 0.3 is 0 Å². The Bertz CT molecular complexity index is 3550. The molecule has 2 aliphatic rings. The van der Waals surface area contributed by atoms with Gasteiger partial charge in [-0.1, -0.05) is 239 Å². The summed E-state index contributed by atoms with van der Waals surface area (Å²) in [5.74, 6) is 1.53. The molecule has 350 valence electrons. The van der Waals surface area contributed by atoms with E-state index in [1.807, 2.05) is 0 Å². The Hall–Kier alpha value is -7.72. The maximum absolute atomic E-state index is 7.42. The third-order valence-electron chi connectivity index (χ3n) is 14.8. The molecule has 0 radical (unpaired) electrons. The van der Waals surface area contributed by atoms with Crippen molar-refractivity contribution in [3.8, 4) is 67.1 Å². The van der Waals surface area contributed by atoms with Gasteiger partial charge in [0.25, 0.3) is 0 Å². The molecule has 0 heterocycles. The van der Waals surface area contributed by atoms with E-state index in [-0.39, 0.29) is 10.8 Å². The van der Waals surface area contributed by atoms with Crippen LogP contribution in [0.1, 0.15) is 74.9 Å². The van der Waals surface area contributed by atoms with Gasteiger partial charge in [0, 0.05) is 27.4 Å². The van der Waals surface area contributed by atoms with Crippen LogP contribution in [0.5, 0.6) is 11.5 Å². The van der Waals surface area contributed by atoms with Crippen molar-refractivity contribution >= 4 is 33.0 Å². The molecular weight excluding hydrogens is 939 g/mol. The van der Waals surface area contributed by atoms with Crippen molar-refractivity contribution in [1.29, 1.82) is 0 Å². The van der Waals surface area contributed by atoms with Gasteiger partial charge in [-0.2, -0.15) is 0 Å². The summed E-state index contributed by atoms with van der Waals surface area (Å²) in [6.45, 7) is 13.9. The molecule has 0 N–H and O–H groups in total. The van der Waals surface area contributed by atoms with Gasteiger partial charge in [-0.15, -0.1) is 0 Å². The molecule has 10 aromatic carbocycles. The normalized spacial score (nSPS) is 13.0. The van der Waals surface area contributed by atoms with E-state index in [0.29, 0.717) is 0 Å². The molecule has 0 atom stereocenters. The third kappa shape index (κ3) is 7.70. The molecule has 0 fully saturated rings. The Kier molecular flexibility index (Phi) is 11.1. The number of ether oxygens (including phenoxy) is 1. The molecule has 0 aromatic heterocycles. The van der Waals surface area contributed by atoms with Gasteiger partial charge in [0.05, 0.1) is 16.8 Å². The maximum atomic E-state index is 7.42. The van der Waals surface area contributed by atoms with Crippen molar-refractivity contribution in [2.75, 3.05) is 4.90 Å². The first-order valence-electron chi connectivity index (χ1n) is 25.1. The average molecular weight is 995 g/mol. The molecule has 12 rings (SSSR count). The fourth-order valence-corrected chi connectivity index (χ4v) is 11.8. The molecule has 2 aliphatic carbocycles. The Morgan fingerprint density at radius 1 is 0.347 bits per heavy atom. The van der Waals surface area contributed by atoms with Crippen molar-refractivity contribution in [2.24, 2.45) is 0 Å². The summed E-state index contributed by atoms with van der Waals surface area (Å²) in [5.41, 5.74) is 22.0. The van der Waals surface area contributed by atoms with Gasteiger partial charge in [-0.25, -0.2) is 0 Å². The maximum Gasteiger partial charge on any atom is 0.130 e. The Labute approximate surface area is 433 Å². The predicted octanol–water partition coefficient (Wildman–Crippen LogP) is 19.7. The highest BCUT2D eigenvalue weighted by atomic mass is 79.9. The van der Waals surface area contributed by atoms with Gasteiger partial charge < -0.3 is 9.64 Å². The molecule has 1 spiro atoms. The third-order valence-corrected chi connectivity index (χ3v) is 15.3. The van der Waals surface area contributed by atoms with E-state index in [1.165, 1.54) is 55.6 Å². The van der Waals surface area contributed by atoms with Crippen LogP contribution in [0.4, 0.5) is 17.1 Å². The first-order valence-corrected chi connectivity index (χ1v) is 25.9. The number of nitrogens with zero attached hydrogens (tertiary/aromatic N) is 1. The number of hydrogen-bond donors (Lipinski definition) is 0. The van der Waals surface area contributed by atoms with Crippen LogP contribution in [0.2, 0.25) is 0 Å². The van der Waals surface area contributed by atoms with Crippen LogP contribution >= 0.6 is 15.9 Å². The molecule has 0 bridgehead atoms. The van der Waals surface area contributed by atoms with Gasteiger partial charge in [0.1, 0.15) is 11.5 Å². The van der Waals surface area contributed by atoms with Crippen LogP contribution in [-0.2, 0) is 16.2 Å². The Balaban J connectivity index is 1.12. The molecule has 0 saturated heterocycles. The van der Waals surface area contributed by atoms with E-state index in [2.05, 4.69) is 293 Å². The lowest BCUT2D eigenvalue weighted by Gasteiger charge is -2.32. The smallest absolute Gasteiger partial charge is 0.130 e. The van der Waals surface area contributed by atoms with Crippen LogP contribution in [0.3, 0.4) is 0 Å². The van der Waals surface area contributed by atoms with E-state index in [9.17, 15) is 0 Å². The van der Waals surface area contributed by atoms with Gasteiger partial charge in [0.2, 0.25) is 0 Å². The largest absolute Gasteiger partial charge is 0.457 e. The van der Waals surface area contributed by atoms with E-state index >= 15 is 0 Å².